The zero-order valence-electron chi connectivity index (χ0n) is 26.8. The molecule has 8 heteroatoms. The number of anilines is 1. The molecule has 7 nitrogen and oxygen atoms in total. The zero-order chi connectivity index (χ0) is 32.6. The van der Waals surface area contributed by atoms with Gasteiger partial charge in [0, 0.05) is 19.5 Å². The Hall–Kier alpha value is -4.43. The molecule has 0 saturated heterocycles. The number of aryl methyl sites for hydroxylation is 4. The summed E-state index contributed by atoms with van der Waals surface area (Å²) in [6.07, 6.45) is 1.02. The molecule has 4 rings (SSSR count). The number of carbonyl (C=O) groups excluding carboxylic acids is 2. The first-order valence-electron chi connectivity index (χ1n) is 15.3. The molecule has 1 N–H and O–H groups in total. The molecular weight excluding hydrogens is 582 g/mol. The van der Waals surface area contributed by atoms with Gasteiger partial charge in [-0.15, -0.1) is 0 Å². The Morgan fingerprint density at radius 3 is 2.07 bits per heavy atom. The smallest absolute Gasteiger partial charge is 0.264 e. The maximum absolute atomic E-state index is 14.6. The second-order valence-corrected chi connectivity index (χ2v) is 13.4. The molecule has 0 bridgehead atoms. The van der Waals surface area contributed by atoms with E-state index in [-0.39, 0.29) is 23.8 Å². The Morgan fingerprint density at radius 1 is 0.778 bits per heavy atom. The van der Waals surface area contributed by atoms with Crippen LogP contribution in [0.4, 0.5) is 5.69 Å². The third kappa shape index (κ3) is 8.39. The molecule has 0 aliphatic carbocycles. The molecule has 1 atom stereocenters. The van der Waals surface area contributed by atoms with Gasteiger partial charge >= 0.3 is 0 Å². The van der Waals surface area contributed by atoms with E-state index in [1.165, 1.54) is 4.31 Å². The van der Waals surface area contributed by atoms with Crippen molar-refractivity contribution in [3.05, 3.63) is 130 Å². The lowest BCUT2D eigenvalue weighted by Gasteiger charge is -2.34. The van der Waals surface area contributed by atoms with E-state index in [0.717, 1.165) is 39.8 Å². The number of amides is 2. The molecule has 0 saturated carbocycles. The van der Waals surface area contributed by atoms with Crippen LogP contribution in [0.5, 0.6) is 0 Å². The van der Waals surface area contributed by atoms with Crippen molar-refractivity contribution >= 4 is 27.5 Å². The molecule has 0 unspecified atom stereocenters. The van der Waals surface area contributed by atoms with Crippen molar-refractivity contribution in [1.82, 2.24) is 10.2 Å². The molecule has 0 aliphatic heterocycles. The number of nitrogens with zero attached hydrogens (tertiary/aromatic N) is 2. The Kier molecular flexibility index (Phi) is 11.2. The number of hydrogen-bond acceptors (Lipinski definition) is 4. The molecule has 0 spiro atoms. The van der Waals surface area contributed by atoms with Crippen LogP contribution in [0.15, 0.2) is 102 Å². The van der Waals surface area contributed by atoms with Crippen LogP contribution < -0.4 is 9.62 Å². The summed E-state index contributed by atoms with van der Waals surface area (Å²) < 4.78 is 29.7. The van der Waals surface area contributed by atoms with E-state index in [1.807, 2.05) is 101 Å². The van der Waals surface area contributed by atoms with Crippen molar-refractivity contribution in [3.63, 3.8) is 0 Å². The van der Waals surface area contributed by atoms with Crippen LogP contribution in [0.2, 0.25) is 0 Å². The van der Waals surface area contributed by atoms with Crippen molar-refractivity contribution in [3.8, 4) is 0 Å². The van der Waals surface area contributed by atoms with E-state index < -0.39 is 28.5 Å². The number of carbonyl (C=O) groups is 2. The summed E-state index contributed by atoms with van der Waals surface area (Å²) in [6.45, 7) is 9.74. The Labute approximate surface area is 268 Å². The Morgan fingerprint density at radius 2 is 1.42 bits per heavy atom. The van der Waals surface area contributed by atoms with Crippen LogP contribution in [0.3, 0.4) is 0 Å². The first-order valence-corrected chi connectivity index (χ1v) is 16.8. The van der Waals surface area contributed by atoms with Gasteiger partial charge in [-0.25, -0.2) is 8.42 Å². The van der Waals surface area contributed by atoms with Crippen LogP contribution in [0, 0.1) is 27.7 Å². The lowest BCUT2D eigenvalue weighted by molar-refractivity contribution is -0.140. The lowest BCUT2D eigenvalue weighted by Crippen LogP contribution is -2.53. The van der Waals surface area contributed by atoms with Crippen LogP contribution in [-0.4, -0.2) is 44.3 Å². The predicted octanol–water partition coefficient (Wildman–Crippen LogP) is 6.28. The van der Waals surface area contributed by atoms with Crippen molar-refractivity contribution in [2.45, 2.75) is 64.9 Å². The zero-order valence-corrected chi connectivity index (χ0v) is 27.6. The maximum Gasteiger partial charge on any atom is 0.264 e. The molecule has 4 aromatic rings. The fourth-order valence-corrected chi connectivity index (χ4v) is 6.81. The minimum Gasteiger partial charge on any atom is -0.354 e. The van der Waals surface area contributed by atoms with E-state index in [2.05, 4.69) is 5.32 Å². The van der Waals surface area contributed by atoms with Gasteiger partial charge in [-0.2, -0.15) is 0 Å². The highest BCUT2D eigenvalue weighted by Crippen LogP contribution is 2.29. The normalized spacial score (nSPS) is 11.9. The van der Waals surface area contributed by atoms with Crippen molar-refractivity contribution in [2.24, 2.45) is 0 Å². The third-order valence-corrected chi connectivity index (χ3v) is 9.71. The largest absolute Gasteiger partial charge is 0.354 e. The molecule has 236 valence electrons. The second kappa shape index (κ2) is 15.0. The molecule has 0 heterocycles. The minimum atomic E-state index is -4.15. The fourth-order valence-electron chi connectivity index (χ4n) is 5.33. The van der Waals surface area contributed by atoms with Gasteiger partial charge in [0.05, 0.1) is 10.6 Å². The van der Waals surface area contributed by atoms with Gasteiger partial charge in [0.15, 0.2) is 0 Å². The van der Waals surface area contributed by atoms with Crippen LogP contribution >= 0.6 is 0 Å². The molecule has 4 aromatic carbocycles. The first kappa shape index (κ1) is 33.5. The van der Waals surface area contributed by atoms with Crippen molar-refractivity contribution < 1.29 is 18.0 Å². The molecule has 0 aromatic heterocycles. The van der Waals surface area contributed by atoms with Crippen LogP contribution in [0.25, 0.3) is 0 Å². The van der Waals surface area contributed by atoms with Gasteiger partial charge < -0.3 is 10.2 Å². The Bertz CT molecular complexity index is 1720. The molecule has 2 amide bonds. The first-order chi connectivity index (χ1) is 21.5. The number of rotatable bonds is 13. The fraction of sp³-hybridized carbons (Fsp3) is 0.297. The standard InChI is InChI=1S/C37H43N3O4S/c1-6-22-38-37(42)35(24-31-13-8-7-9-14-31)39(25-32-15-11-10-12-29(32)4)36(41)26-40(34-21-18-28(3)23-30(34)5)45(43,44)33-19-16-27(2)17-20-33/h7-21,23,35H,6,22,24-26H2,1-5H3,(H,38,42)/t35-/m1/s1. The molecule has 0 aliphatic rings. The minimum absolute atomic E-state index is 0.0906. The third-order valence-electron chi connectivity index (χ3n) is 7.93. The number of sulfonamides is 1. The summed E-state index contributed by atoms with van der Waals surface area (Å²) in [6, 6.07) is 28.5. The molecular formula is C37H43N3O4S. The van der Waals surface area contributed by atoms with E-state index in [0.29, 0.717) is 12.2 Å². The highest BCUT2D eigenvalue weighted by atomic mass is 32.2. The lowest BCUT2D eigenvalue weighted by atomic mass is 10.0. The predicted molar refractivity (Wildman–Crippen MR) is 181 cm³/mol. The summed E-state index contributed by atoms with van der Waals surface area (Å²) >= 11 is 0. The van der Waals surface area contributed by atoms with Gasteiger partial charge in [0.1, 0.15) is 12.6 Å². The molecule has 0 radical (unpaired) electrons. The summed E-state index contributed by atoms with van der Waals surface area (Å²) in [5.74, 6) is -0.747. The topological polar surface area (TPSA) is 86.8 Å². The maximum atomic E-state index is 14.6. The van der Waals surface area contributed by atoms with Gasteiger partial charge in [-0.05, 0) is 74.6 Å². The van der Waals surface area contributed by atoms with Crippen LogP contribution in [-0.2, 0) is 32.6 Å². The average molecular weight is 626 g/mol. The number of nitrogens with one attached hydrogen (secondary N) is 1. The quantitative estimate of drug-likeness (QED) is 0.190. The van der Waals surface area contributed by atoms with Crippen molar-refractivity contribution in [2.75, 3.05) is 17.4 Å². The van der Waals surface area contributed by atoms with Crippen molar-refractivity contribution in [1.29, 1.82) is 0 Å². The molecule has 0 fully saturated rings. The van der Waals surface area contributed by atoms with E-state index in [9.17, 15) is 18.0 Å². The average Bonchev–Trinajstić information content (AvgIpc) is 3.02. The summed E-state index contributed by atoms with van der Waals surface area (Å²) in [7, 11) is -4.15. The van der Waals surface area contributed by atoms with Gasteiger partial charge in [-0.1, -0.05) is 96.9 Å². The van der Waals surface area contributed by atoms with Gasteiger partial charge in [0.25, 0.3) is 10.0 Å². The molecule has 45 heavy (non-hydrogen) atoms. The van der Waals surface area contributed by atoms with Gasteiger partial charge in [-0.3, -0.25) is 13.9 Å². The number of benzene rings is 4. The SMILES string of the molecule is CCCNC(=O)[C@@H](Cc1ccccc1)N(Cc1ccccc1C)C(=O)CN(c1ccc(C)cc1C)S(=O)(=O)c1ccc(C)cc1. The van der Waals surface area contributed by atoms with E-state index in [4.69, 9.17) is 0 Å². The highest BCUT2D eigenvalue weighted by molar-refractivity contribution is 7.92. The summed E-state index contributed by atoms with van der Waals surface area (Å²) in [5, 5.41) is 2.99. The van der Waals surface area contributed by atoms with Gasteiger partial charge in [0.2, 0.25) is 11.8 Å². The van der Waals surface area contributed by atoms with E-state index in [1.54, 1.807) is 35.2 Å². The van der Waals surface area contributed by atoms with E-state index >= 15 is 0 Å². The second-order valence-electron chi connectivity index (χ2n) is 11.6. The monoisotopic (exact) mass is 625 g/mol. The van der Waals surface area contributed by atoms with Crippen LogP contribution in [0.1, 0.15) is 46.7 Å². The summed E-state index contributed by atoms with van der Waals surface area (Å²) in [4.78, 5) is 30.0. The Balaban J connectivity index is 1.83. The highest BCUT2D eigenvalue weighted by Gasteiger charge is 2.35. The number of hydrogen-bond donors (Lipinski definition) is 1. The summed E-state index contributed by atoms with van der Waals surface area (Å²) in [5.41, 5.74) is 5.80.